The molecule has 1 heterocycles. The molecule has 1 atom stereocenters. The van der Waals surface area contributed by atoms with Crippen molar-refractivity contribution in [3.05, 3.63) is 90.2 Å². The summed E-state index contributed by atoms with van der Waals surface area (Å²) in [6, 6.07) is 20.0. The summed E-state index contributed by atoms with van der Waals surface area (Å²) in [5, 5.41) is 1.70. The number of carbonyl (C=O) groups is 2. The molecule has 1 aliphatic rings. The van der Waals surface area contributed by atoms with Crippen LogP contribution < -0.4 is 10.2 Å². The van der Waals surface area contributed by atoms with Gasteiger partial charge >= 0.3 is 0 Å². The largest absolute Gasteiger partial charge is 0.326 e. The van der Waals surface area contributed by atoms with Crippen molar-refractivity contribution in [2.24, 2.45) is 4.40 Å². The Hall–Kier alpha value is -3.50. The van der Waals surface area contributed by atoms with E-state index in [-0.39, 0.29) is 16.5 Å². The van der Waals surface area contributed by atoms with E-state index in [9.17, 15) is 22.4 Å². The molecule has 0 unspecified atom stereocenters. The number of halogens is 1. The number of hydrogen-bond acceptors (Lipinski definition) is 5. The Labute approximate surface area is 200 Å². The van der Waals surface area contributed by atoms with Crippen molar-refractivity contribution >= 4 is 50.1 Å². The summed E-state index contributed by atoms with van der Waals surface area (Å²) in [7, 11) is -4.09. The zero-order valence-electron chi connectivity index (χ0n) is 18.0. The molecule has 0 aliphatic carbocycles. The highest BCUT2D eigenvalue weighted by atomic mass is 32.2. The lowest BCUT2D eigenvalue weighted by atomic mass is 10.2. The van der Waals surface area contributed by atoms with E-state index in [1.165, 1.54) is 41.3 Å². The van der Waals surface area contributed by atoms with Gasteiger partial charge < -0.3 is 5.32 Å². The third kappa shape index (κ3) is 5.35. The van der Waals surface area contributed by atoms with E-state index in [0.29, 0.717) is 11.4 Å². The first-order valence-corrected chi connectivity index (χ1v) is 12.6. The number of carbonyl (C=O) groups excluding carboxylic acids is 2. The lowest BCUT2D eigenvalue weighted by Crippen LogP contribution is -2.33. The standard InChI is InChI=1S/C24H20FN3O4S2/c1-16-7-13-20(14-8-16)34(31,32)27-24-28(19-5-3-2-4-6-19)23(30)21(33-24)15-22(29)26-18-11-9-17(25)10-12-18/h2-14,21H,15H2,1H3,(H,26,29)/t21-/m0/s1. The van der Waals surface area contributed by atoms with E-state index in [4.69, 9.17) is 0 Å². The van der Waals surface area contributed by atoms with E-state index in [1.807, 2.05) is 6.92 Å². The smallest absolute Gasteiger partial charge is 0.284 e. The third-order valence-corrected chi connectivity index (χ3v) is 7.50. The van der Waals surface area contributed by atoms with Crippen molar-refractivity contribution < 1.29 is 22.4 Å². The monoisotopic (exact) mass is 497 g/mol. The van der Waals surface area contributed by atoms with E-state index >= 15 is 0 Å². The molecule has 1 saturated heterocycles. The van der Waals surface area contributed by atoms with Gasteiger partial charge in [-0.3, -0.25) is 14.5 Å². The summed E-state index contributed by atoms with van der Waals surface area (Å²) >= 11 is 0.914. The molecule has 0 aromatic heterocycles. The van der Waals surface area contributed by atoms with Crippen LogP contribution in [0.3, 0.4) is 0 Å². The fourth-order valence-electron chi connectivity index (χ4n) is 3.25. The second-order valence-electron chi connectivity index (χ2n) is 7.54. The van der Waals surface area contributed by atoms with Gasteiger partial charge in [0.15, 0.2) is 5.17 Å². The minimum absolute atomic E-state index is 0.00386. The molecule has 0 spiro atoms. The highest BCUT2D eigenvalue weighted by Crippen LogP contribution is 2.35. The predicted octanol–water partition coefficient (Wildman–Crippen LogP) is 4.36. The zero-order valence-corrected chi connectivity index (χ0v) is 19.6. The van der Waals surface area contributed by atoms with Gasteiger partial charge in [0.1, 0.15) is 11.1 Å². The van der Waals surface area contributed by atoms with Gasteiger partial charge in [0, 0.05) is 12.1 Å². The third-order valence-electron chi connectivity index (χ3n) is 4.97. The van der Waals surface area contributed by atoms with Crippen LogP contribution in [-0.4, -0.2) is 30.6 Å². The fraction of sp³-hybridized carbons (Fsp3) is 0.125. The van der Waals surface area contributed by atoms with Crippen LogP contribution in [0, 0.1) is 12.7 Å². The number of benzene rings is 3. The van der Waals surface area contributed by atoms with Crippen LogP contribution in [-0.2, 0) is 19.6 Å². The van der Waals surface area contributed by atoms with Gasteiger partial charge in [0.2, 0.25) is 11.8 Å². The molecule has 1 fully saturated rings. The fourth-order valence-corrected chi connectivity index (χ4v) is 5.59. The molecular formula is C24H20FN3O4S2. The molecule has 0 bridgehead atoms. The van der Waals surface area contributed by atoms with E-state index in [0.717, 1.165) is 17.3 Å². The number of anilines is 2. The van der Waals surface area contributed by atoms with Gasteiger partial charge in [-0.05, 0) is 55.5 Å². The molecule has 174 valence electrons. The Morgan fingerprint density at radius 3 is 2.32 bits per heavy atom. The van der Waals surface area contributed by atoms with Gasteiger partial charge in [-0.1, -0.05) is 47.7 Å². The van der Waals surface area contributed by atoms with Gasteiger partial charge in [-0.25, -0.2) is 4.39 Å². The maximum absolute atomic E-state index is 13.2. The molecule has 1 N–H and O–H groups in total. The second kappa shape index (κ2) is 9.78. The quantitative estimate of drug-likeness (QED) is 0.546. The molecule has 0 radical (unpaired) electrons. The molecule has 7 nitrogen and oxygen atoms in total. The normalized spacial score (nSPS) is 17.2. The van der Waals surface area contributed by atoms with Crippen molar-refractivity contribution in [1.82, 2.24) is 0 Å². The summed E-state index contributed by atoms with van der Waals surface area (Å²) in [6.07, 6.45) is -0.214. The Kier molecular flexibility index (Phi) is 6.80. The summed E-state index contributed by atoms with van der Waals surface area (Å²) in [6.45, 7) is 1.84. The van der Waals surface area contributed by atoms with Crippen LogP contribution in [0.25, 0.3) is 0 Å². The SMILES string of the molecule is Cc1ccc(S(=O)(=O)N=C2S[C@@H](CC(=O)Nc3ccc(F)cc3)C(=O)N2c2ccccc2)cc1. The van der Waals surface area contributed by atoms with Crippen molar-refractivity contribution in [2.75, 3.05) is 10.2 Å². The molecule has 34 heavy (non-hydrogen) atoms. The van der Waals surface area contributed by atoms with Gasteiger partial charge in [-0.15, -0.1) is 4.40 Å². The molecule has 10 heteroatoms. The number of para-hydroxylation sites is 1. The van der Waals surface area contributed by atoms with E-state index in [2.05, 4.69) is 9.71 Å². The van der Waals surface area contributed by atoms with Crippen molar-refractivity contribution in [3.63, 3.8) is 0 Å². The van der Waals surface area contributed by atoms with Crippen LogP contribution in [0.2, 0.25) is 0 Å². The number of nitrogens with zero attached hydrogens (tertiary/aromatic N) is 2. The Balaban J connectivity index is 1.61. The van der Waals surface area contributed by atoms with Gasteiger partial charge in [0.25, 0.3) is 10.0 Å². The molecule has 4 rings (SSSR count). The first kappa shape index (κ1) is 23.7. The average Bonchev–Trinajstić information content (AvgIpc) is 3.10. The predicted molar refractivity (Wildman–Crippen MR) is 131 cm³/mol. The van der Waals surface area contributed by atoms with Crippen LogP contribution in [0.5, 0.6) is 0 Å². The Morgan fingerprint density at radius 2 is 1.68 bits per heavy atom. The number of rotatable bonds is 6. The first-order valence-electron chi connectivity index (χ1n) is 10.3. The van der Waals surface area contributed by atoms with Crippen LogP contribution in [0.1, 0.15) is 12.0 Å². The van der Waals surface area contributed by atoms with Crippen LogP contribution in [0.4, 0.5) is 15.8 Å². The van der Waals surface area contributed by atoms with E-state index < -0.39 is 32.9 Å². The molecular weight excluding hydrogens is 477 g/mol. The Bertz CT molecular complexity index is 1340. The molecule has 1 aliphatic heterocycles. The summed E-state index contributed by atoms with van der Waals surface area (Å²) in [5.41, 5.74) is 1.73. The number of nitrogens with one attached hydrogen (secondary N) is 1. The maximum Gasteiger partial charge on any atom is 0.284 e. The van der Waals surface area contributed by atoms with Crippen LogP contribution >= 0.6 is 11.8 Å². The number of amidine groups is 1. The number of amides is 2. The lowest BCUT2D eigenvalue weighted by Gasteiger charge is -2.16. The van der Waals surface area contributed by atoms with E-state index in [1.54, 1.807) is 42.5 Å². The molecule has 3 aromatic carbocycles. The minimum atomic E-state index is -4.09. The highest BCUT2D eigenvalue weighted by Gasteiger charge is 2.41. The second-order valence-corrected chi connectivity index (χ2v) is 10.3. The molecule has 2 amide bonds. The first-order chi connectivity index (χ1) is 16.2. The van der Waals surface area contributed by atoms with Gasteiger partial charge in [-0.2, -0.15) is 8.42 Å². The summed E-state index contributed by atoms with van der Waals surface area (Å²) in [4.78, 5) is 27.0. The molecule has 3 aromatic rings. The van der Waals surface area contributed by atoms with Crippen molar-refractivity contribution in [1.29, 1.82) is 0 Å². The highest BCUT2D eigenvalue weighted by molar-refractivity contribution is 8.16. The molecule has 0 saturated carbocycles. The zero-order chi connectivity index (χ0) is 24.3. The summed E-state index contributed by atoms with van der Waals surface area (Å²) in [5.74, 6) is -1.36. The lowest BCUT2D eigenvalue weighted by molar-refractivity contribution is -0.121. The van der Waals surface area contributed by atoms with Gasteiger partial charge in [0.05, 0.1) is 10.6 Å². The Morgan fingerprint density at radius 1 is 1.03 bits per heavy atom. The number of hydrogen-bond donors (Lipinski definition) is 1. The maximum atomic E-state index is 13.2. The summed E-state index contributed by atoms with van der Waals surface area (Å²) < 4.78 is 42.9. The number of sulfonamides is 1. The topological polar surface area (TPSA) is 95.9 Å². The minimum Gasteiger partial charge on any atom is -0.326 e. The van der Waals surface area contributed by atoms with Crippen molar-refractivity contribution in [2.45, 2.75) is 23.5 Å². The average molecular weight is 498 g/mol. The number of thioether (sulfide) groups is 1. The van der Waals surface area contributed by atoms with Crippen molar-refractivity contribution in [3.8, 4) is 0 Å². The van der Waals surface area contributed by atoms with Crippen LogP contribution in [0.15, 0.2) is 88.2 Å². The number of aryl methyl sites for hydroxylation is 1.